The summed E-state index contributed by atoms with van der Waals surface area (Å²) in [6, 6.07) is 9.10. The molecule has 1 aliphatic rings. The van der Waals surface area contributed by atoms with Gasteiger partial charge < -0.3 is 19.7 Å². The van der Waals surface area contributed by atoms with Crippen LogP contribution in [-0.2, 0) is 0 Å². The molecule has 0 aromatic heterocycles. The van der Waals surface area contributed by atoms with E-state index < -0.39 is 0 Å². The maximum atomic E-state index is 12.2. The molecule has 5 heteroatoms. The third kappa shape index (κ3) is 2.29. The zero-order valence-corrected chi connectivity index (χ0v) is 11.2. The fourth-order valence-corrected chi connectivity index (χ4v) is 2.12. The maximum absolute atomic E-state index is 12.2. The highest BCUT2D eigenvalue weighted by molar-refractivity contribution is 6.14. The normalized spacial score (nSPS) is 14.9. The summed E-state index contributed by atoms with van der Waals surface area (Å²) in [7, 11) is 1.46. The molecule has 0 saturated carbocycles. The maximum Gasteiger partial charge on any atom is 0.231 e. The van der Waals surface area contributed by atoms with Crippen molar-refractivity contribution >= 4 is 11.9 Å². The van der Waals surface area contributed by atoms with Gasteiger partial charge in [-0.05, 0) is 35.9 Å². The first-order chi connectivity index (χ1) is 10.1. The number of methoxy groups -OCH3 is 1. The minimum absolute atomic E-state index is 0.0209. The molecule has 3 rings (SSSR count). The summed E-state index contributed by atoms with van der Waals surface area (Å²) in [4.78, 5) is 12.2. The molecular formula is C16H12O5. The Morgan fingerprint density at radius 3 is 2.67 bits per heavy atom. The number of fused-ring (bicyclic) bond motifs is 1. The minimum atomic E-state index is -0.264. The van der Waals surface area contributed by atoms with Crippen LogP contribution >= 0.6 is 0 Å². The second-order valence-corrected chi connectivity index (χ2v) is 4.55. The molecule has 0 bridgehead atoms. The van der Waals surface area contributed by atoms with Crippen LogP contribution in [0.4, 0.5) is 0 Å². The number of phenolic OH excluding ortho intramolecular Hbond substituents is 2. The van der Waals surface area contributed by atoms with Crippen LogP contribution in [0.2, 0.25) is 0 Å². The van der Waals surface area contributed by atoms with Crippen LogP contribution in [0.3, 0.4) is 0 Å². The van der Waals surface area contributed by atoms with Crippen molar-refractivity contribution in [3.8, 4) is 23.0 Å². The number of Topliss-reactive ketones (excluding diaryl/α,β-unsaturated/α-hetero) is 1. The van der Waals surface area contributed by atoms with Crippen LogP contribution in [0.1, 0.15) is 15.9 Å². The van der Waals surface area contributed by atoms with Gasteiger partial charge in [0.2, 0.25) is 5.78 Å². The first kappa shape index (κ1) is 13.1. The molecule has 21 heavy (non-hydrogen) atoms. The van der Waals surface area contributed by atoms with Gasteiger partial charge in [0.05, 0.1) is 12.7 Å². The molecular weight excluding hydrogens is 272 g/mol. The van der Waals surface area contributed by atoms with Gasteiger partial charge in [-0.3, -0.25) is 4.79 Å². The molecule has 0 saturated heterocycles. The lowest BCUT2D eigenvalue weighted by atomic mass is 10.1. The van der Waals surface area contributed by atoms with Crippen molar-refractivity contribution in [1.29, 1.82) is 0 Å². The monoisotopic (exact) mass is 284 g/mol. The topological polar surface area (TPSA) is 76.0 Å². The third-order valence-corrected chi connectivity index (χ3v) is 3.15. The zero-order valence-electron chi connectivity index (χ0n) is 11.2. The number of hydrogen-bond donors (Lipinski definition) is 2. The van der Waals surface area contributed by atoms with Gasteiger partial charge in [0.1, 0.15) is 11.5 Å². The van der Waals surface area contributed by atoms with E-state index in [2.05, 4.69) is 0 Å². The third-order valence-electron chi connectivity index (χ3n) is 3.15. The van der Waals surface area contributed by atoms with Crippen LogP contribution in [0.15, 0.2) is 42.2 Å². The van der Waals surface area contributed by atoms with E-state index >= 15 is 0 Å². The van der Waals surface area contributed by atoms with E-state index in [1.807, 2.05) is 0 Å². The highest BCUT2D eigenvalue weighted by Crippen LogP contribution is 2.35. The summed E-state index contributed by atoms with van der Waals surface area (Å²) < 4.78 is 10.4. The van der Waals surface area contributed by atoms with Crippen LogP contribution in [0.25, 0.3) is 6.08 Å². The molecule has 0 unspecified atom stereocenters. The van der Waals surface area contributed by atoms with E-state index in [4.69, 9.17) is 9.47 Å². The van der Waals surface area contributed by atoms with E-state index in [0.717, 1.165) is 0 Å². The molecule has 5 nitrogen and oxygen atoms in total. The van der Waals surface area contributed by atoms with E-state index in [1.54, 1.807) is 12.1 Å². The van der Waals surface area contributed by atoms with E-state index in [-0.39, 0.29) is 23.0 Å². The zero-order chi connectivity index (χ0) is 15.0. The molecule has 2 aromatic rings. The van der Waals surface area contributed by atoms with Gasteiger partial charge in [-0.25, -0.2) is 0 Å². The Labute approximate surface area is 120 Å². The Morgan fingerprint density at radius 1 is 1.14 bits per heavy atom. The second kappa shape index (κ2) is 4.86. The van der Waals surface area contributed by atoms with Gasteiger partial charge in [-0.2, -0.15) is 0 Å². The molecule has 2 aromatic carbocycles. The highest BCUT2D eigenvalue weighted by Gasteiger charge is 2.27. The van der Waals surface area contributed by atoms with Crippen molar-refractivity contribution < 1.29 is 24.5 Å². The lowest BCUT2D eigenvalue weighted by molar-refractivity contribution is 0.101. The average molecular weight is 284 g/mol. The van der Waals surface area contributed by atoms with Gasteiger partial charge in [0, 0.05) is 6.07 Å². The predicted octanol–water partition coefficient (Wildman–Crippen LogP) is 2.72. The number of ether oxygens (including phenoxy) is 2. The summed E-state index contributed by atoms with van der Waals surface area (Å²) in [6.07, 6.45) is 1.53. The summed E-state index contributed by atoms with van der Waals surface area (Å²) >= 11 is 0. The Balaban J connectivity index is 1.95. The van der Waals surface area contributed by atoms with Crippen LogP contribution in [0.5, 0.6) is 23.0 Å². The van der Waals surface area contributed by atoms with Gasteiger partial charge in [-0.15, -0.1) is 0 Å². The number of aromatic hydroxyl groups is 2. The SMILES string of the molecule is COc1ccc(C=C2Oc3cc(O)ccc3C2=O)cc1O. The minimum Gasteiger partial charge on any atom is -0.508 e. The molecule has 0 aliphatic carbocycles. The summed E-state index contributed by atoms with van der Waals surface area (Å²) in [5, 5.41) is 19.1. The fourth-order valence-electron chi connectivity index (χ4n) is 2.12. The van der Waals surface area contributed by atoms with E-state index in [1.165, 1.54) is 37.5 Å². The molecule has 0 amide bonds. The van der Waals surface area contributed by atoms with Gasteiger partial charge in [0.25, 0.3) is 0 Å². The number of allylic oxidation sites excluding steroid dienone is 1. The molecule has 0 spiro atoms. The largest absolute Gasteiger partial charge is 0.508 e. The van der Waals surface area contributed by atoms with Crippen LogP contribution in [-0.4, -0.2) is 23.1 Å². The molecule has 2 N–H and O–H groups in total. The van der Waals surface area contributed by atoms with Crippen molar-refractivity contribution in [2.45, 2.75) is 0 Å². The number of benzene rings is 2. The number of ketones is 1. The number of hydrogen-bond acceptors (Lipinski definition) is 5. The lowest BCUT2D eigenvalue weighted by Crippen LogP contribution is -1.98. The fraction of sp³-hybridized carbons (Fsp3) is 0.0625. The lowest BCUT2D eigenvalue weighted by Gasteiger charge is -2.04. The highest BCUT2D eigenvalue weighted by atomic mass is 16.5. The van der Waals surface area contributed by atoms with Crippen LogP contribution < -0.4 is 9.47 Å². The van der Waals surface area contributed by atoms with Crippen LogP contribution in [0, 0.1) is 0 Å². The predicted molar refractivity (Wildman–Crippen MR) is 75.7 cm³/mol. The Kier molecular flexibility index (Phi) is 3.02. The Hall–Kier alpha value is -2.95. The van der Waals surface area contributed by atoms with Gasteiger partial charge in [0.15, 0.2) is 17.3 Å². The van der Waals surface area contributed by atoms with Crippen molar-refractivity contribution in [1.82, 2.24) is 0 Å². The van der Waals surface area contributed by atoms with Crippen molar-refractivity contribution in [2.75, 3.05) is 7.11 Å². The quantitative estimate of drug-likeness (QED) is 0.829. The van der Waals surface area contributed by atoms with Crippen molar-refractivity contribution in [3.63, 3.8) is 0 Å². The Morgan fingerprint density at radius 2 is 1.95 bits per heavy atom. The number of rotatable bonds is 2. The molecule has 1 heterocycles. The van der Waals surface area contributed by atoms with Gasteiger partial charge >= 0.3 is 0 Å². The molecule has 0 fully saturated rings. The molecule has 0 atom stereocenters. The molecule has 1 aliphatic heterocycles. The first-order valence-electron chi connectivity index (χ1n) is 6.23. The average Bonchev–Trinajstić information content (AvgIpc) is 2.75. The summed E-state index contributed by atoms with van der Waals surface area (Å²) in [5.41, 5.74) is 1.01. The number of carbonyl (C=O) groups is 1. The standard InChI is InChI=1S/C16H12O5/c1-20-13-5-2-9(6-12(13)18)7-15-16(19)11-4-3-10(17)8-14(11)21-15/h2-8,17-18H,1H3. The summed E-state index contributed by atoms with van der Waals surface area (Å²) in [6.45, 7) is 0. The Bertz CT molecular complexity index is 761. The summed E-state index contributed by atoms with van der Waals surface area (Å²) in [5.74, 6) is 0.561. The first-order valence-corrected chi connectivity index (χ1v) is 6.23. The van der Waals surface area contributed by atoms with Gasteiger partial charge in [-0.1, -0.05) is 6.07 Å². The van der Waals surface area contributed by atoms with Crippen molar-refractivity contribution in [2.24, 2.45) is 0 Å². The molecule has 0 radical (unpaired) electrons. The van der Waals surface area contributed by atoms with E-state index in [0.29, 0.717) is 22.6 Å². The molecule has 106 valence electrons. The number of phenols is 2. The second-order valence-electron chi connectivity index (χ2n) is 4.55. The van der Waals surface area contributed by atoms with Crippen molar-refractivity contribution in [3.05, 3.63) is 53.3 Å². The van der Waals surface area contributed by atoms with E-state index in [9.17, 15) is 15.0 Å². The smallest absolute Gasteiger partial charge is 0.231 e. The number of carbonyl (C=O) groups excluding carboxylic acids is 1.